The molecule has 0 aliphatic carbocycles. The molecule has 0 radical (unpaired) electrons. The van der Waals surface area contributed by atoms with Gasteiger partial charge in [0.05, 0.1) is 5.56 Å². The van der Waals surface area contributed by atoms with Gasteiger partial charge in [0.25, 0.3) is 0 Å². The van der Waals surface area contributed by atoms with Crippen LogP contribution in [-0.4, -0.2) is 0 Å². The second kappa shape index (κ2) is 3.68. The summed E-state index contributed by atoms with van der Waals surface area (Å²) in [5.41, 5.74) is 4.74. The monoisotopic (exact) mass is 237 g/mol. The molecule has 0 heterocycles. The molecule has 0 amide bonds. The van der Waals surface area contributed by atoms with Gasteiger partial charge >= 0.3 is 6.18 Å². The zero-order chi connectivity index (χ0) is 11.9. The first-order valence-corrected chi connectivity index (χ1v) is 4.66. The summed E-state index contributed by atoms with van der Waals surface area (Å²) in [6.45, 7) is 3.36. The molecule has 0 saturated heterocycles. The van der Waals surface area contributed by atoms with Gasteiger partial charge in [-0.05, 0) is 31.5 Å². The van der Waals surface area contributed by atoms with E-state index >= 15 is 0 Å². The smallest absolute Gasteiger partial charge is 0.322 e. The Balaban J connectivity index is 3.21. The van der Waals surface area contributed by atoms with Crippen LogP contribution in [0, 0.1) is 0 Å². The second-order valence-electron chi connectivity index (χ2n) is 3.91. The normalized spacial score (nSPS) is 13.0. The Hall–Kier alpha value is -0.740. The molecule has 1 aromatic rings. The van der Waals surface area contributed by atoms with Crippen molar-refractivity contribution in [1.82, 2.24) is 0 Å². The van der Waals surface area contributed by atoms with Gasteiger partial charge in [-0.15, -0.1) is 0 Å². The maximum atomic E-state index is 12.3. The van der Waals surface area contributed by atoms with Crippen molar-refractivity contribution in [3.8, 4) is 0 Å². The van der Waals surface area contributed by atoms with Crippen LogP contribution < -0.4 is 5.73 Å². The first kappa shape index (κ1) is 12.3. The predicted octanol–water partition coefficient (Wildman–Crippen LogP) is 3.55. The fourth-order valence-corrected chi connectivity index (χ4v) is 1.64. The van der Waals surface area contributed by atoms with Crippen molar-refractivity contribution in [3.05, 3.63) is 34.3 Å². The zero-order valence-corrected chi connectivity index (χ0v) is 9.08. The summed E-state index contributed by atoms with van der Waals surface area (Å²) in [4.78, 5) is 0. The van der Waals surface area contributed by atoms with E-state index in [1.807, 2.05) is 0 Å². The fraction of sp³-hybridized carbons (Fsp3) is 0.400. The lowest BCUT2D eigenvalue weighted by atomic mass is 9.94. The highest BCUT2D eigenvalue weighted by atomic mass is 35.5. The largest absolute Gasteiger partial charge is 0.416 e. The van der Waals surface area contributed by atoms with Crippen LogP contribution in [0.5, 0.6) is 0 Å². The average Bonchev–Trinajstić information content (AvgIpc) is 1.99. The first-order valence-electron chi connectivity index (χ1n) is 4.28. The highest BCUT2D eigenvalue weighted by molar-refractivity contribution is 6.31. The SMILES string of the molecule is CC(C)(N)c1ccc(C(F)(F)F)cc1Cl. The van der Waals surface area contributed by atoms with Crippen LogP contribution in [0.3, 0.4) is 0 Å². The molecule has 1 rings (SSSR count). The van der Waals surface area contributed by atoms with E-state index in [1.54, 1.807) is 13.8 Å². The minimum Gasteiger partial charge on any atom is -0.322 e. The highest BCUT2D eigenvalue weighted by Gasteiger charge is 2.31. The standard InChI is InChI=1S/C10H11ClF3N/c1-9(2,15)7-4-3-6(5-8(7)11)10(12,13)14/h3-5H,15H2,1-2H3. The first-order chi connectivity index (χ1) is 6.62. The molecule has 15 heavy (non-hydrogen) atoms. The molecule has 1 nitrogen and oxygen atoms in total. The van der Waals surface area contributed by atoms with Crippen LogP contribution in [-0.2, 0) is 11.7 Å². The van der Waals surface area contributed by atoms with Gasteiger partial charge in [0.15, 0.2) is 0 Å². The molecular formula is C10H11ClF3N. The molecule has 2 N–H and O–H groups in total. The average molecular weight is 238 g/mol. The summed E-state index contributed by atoms with van der Waals surface area (Å²) >= 11 is 5.74. The lowest BCUT2D eigenvalue weighted by Gasteiger charge is -2.21. The summed E-state index contributed by atoms with van der Waals surface area (Å²) in [7, 11) is 0. The summed E-state index contributed by atoms with van der Waals surface area (Å²) in [5.74, 6) is 0. The Morgan fingerprint density at radius 2 is 1.73 bits per heavy atom. The van der Waals surface area contributed by atoms with Crippen LogP contribution in [0.15, 0.2) is 18.2 Å². The van der Waals surface area contributed by atoms with Gasteiger partial charge in [0.1, 0.15) is 0 Å². The molecule has 0 atom stereocenters. The lowest BCUT2D eigenvalue weighted by Crippen LogP contribution is -2.29. The van der Waals surface area contributed by atoms with E-state index in [0.717, 1.165) is 12.1 Å². The van der Waals surface area contributed by atoms with Crippen molar-refractivity contribution < 1.29 is 13.2 Å². The third kappa shape index (κ3) is 2.86. The third-order valence-electron chi connectivity index (χ3n) is 1.99. The summed E-state index contributed by atoms with van der Waals surface area (Å²) in [6.07, 6.45) is -4.37. The van der Waals surface area contributed by atoms with Gasteiger partial charge in [0.2, 0.25) is 0 Å². The minimum absolute atomic E-state index is 0.0392. The van der Waals surface area contributed by atoms with Gasteiger partial charge in [-0.3, -0.25) is 0 Å². The summed E-state index contributed by atoms with van der Waals surface area (Å²) in [6, 6.07) is 3.19. The topological polar surface area (TPSA) is 26.0 Å². The molecule has 0 aliphatic rings. The molecule has 0 aliphatic heterocycles. The number of rotatable bonds is 1. The van der Waals surface area contributed by atoms with Crippen LogP contribution in [0.4, 0.5) is 13.2 Å². The van der Waals surface area contributed by atoms with E-state index in [1.165, 1.54) is 6.07 Å². The maximum Gasteiger partial charge on any atom is 0.416 e. The molecule has 0 fully saturated rings. The molecule has 5 heteroatoms. The van der Waals surface area contributed by atoms with Crippen molar-refractivity contribution in [3.63, 3.8) is 0 Å². The minimum atomic E-state index is -4.37. The van der Waals surface area contributed by atoms with E-state index in [9.17, 15) is 13.2 Å². The Morgan fingerprint density at radius 1 is 1.20 bits per heavy atom. The van der Waals surface area contributed by atoms with Gasteiger partial charge in [-0.1, -0.05) is 17.7 Å². The van der Waals surface area contributed by atoms with Gasteiger partial charge in [0, 0.05) is 10.6 Å². The van der Waals surface area contributed by atoms with E-state index in [-0.39, 0.29) is 5.02 Å². The molecule has 84 valence electrons. The third-order valence-corrected chi connectivity index (χ3v) is 2.30. The van der Waals surface area contributed by atoms with Crippen LogP contribution in [0.1, 0.15) is 25.0 Å². The maximum absolute atomic E-state index is 12.3. The van der Waals surface area contributed by atoms with Crippen molar-refractivity contribution in [2.45, 2.75) is 25.6 Å². The van der Waals surface area contributed by atoms with Crippen molar-refractivity contribution >= 4 is 11.6 Å². The molecule has 1 aromatic carbocycles. The van der Waals surface area contributed by atoms with Crippen LogP contribution in [0.25, 0.3) is 0 Å². The van der Waals surface area contributed by atoms with Crippen molar-refractivity contribution in [2.75, 3.05) is 0 Å². The van der Waals surface area contributed by atoms with E-state index in [4.69, 9.17) is 17.3 Å². The quantitative estimate of drug-likeness (QED) is 0.794. The van der Waals surface area contributed by atoms with Crippen LogP contribution >= 0.6 is 11.6 Å². The fourth-order valence-electron chi connectivity index (χ4n) is 1.21. The number of halogens is 4. The van der Waals surface area contributed by atoms with Gasteiger partial charge in [-0.2, -0.15) is 13.2 Å². The molecule has 0 saturated carbocycles. The Bertz CT molecular complexity index is 366. The molecular weight excluding hydrogens is 227 g/mol. The summed E-state index contributed by atoms with van der Waals surface area (Å²) < 4.78 is 36.9. The van der Waals surface area contributed by atoms with E-state index in [2.05, 4.69) is 0 Å². The Morgan fingerprint density at radius 3 is 2.07 bits per heavy atom. The molecule has 0 aromatic heterocycles. The molecule has 0 unspecified atom stereocenters. The Kier molecular flexibility index (Phi) is 3.03. The zero-order valence-electron chi connectivity index (χ0n) is 8.32. The van der Waals surface area contributed by atoms with E-state index in [0.29, 0.717) is 5.56 Å². The summed E-state index contributed by atoms with van der Waals surface area (Å²) in [5, 5.41) is 0.0392. The van der Waals surface area contributed by atoms with Gasteiger partial charge < -0.3 is 5.73 Å². The predicted molar refractivity (Wildman–Crippen MR) is 53.7 cm³/mol. The molecule has 0 bridgehead atoms. The van der Waals surface area contributed by atoms with Gasteiger partial charge in [-0.25, -0.2) is 0 Å². The molecule has 0 spiro atoms. The number of nitrogens with two attached hydrogens (primary N) is 1. The number of alkyl halides is 3. The van der Waals surface area contributed by atoms with E-state index < -0.39 is 17.3 Å². The Labute approximate surface area is 91.0 Å². The highest BCUT2D eigenvalue weighted by Crippen LogP contribution is 2.34. The number of benzene rings is 1. The number of hydrogen-bond acceptors (Lipinski definition) is 1. The van der Waals surface area contributed by atoms with Crippen molar-refractivity contribution in [1.29, 1.82) is 0 Å². The number of hydrogen-bond donors (Lipinski definition) is 1. The van der Waals surface area contributed by atoms with Crippen molar-refractivity contribution in [2.24, 2.45) is 5.73 Å². The lowest BCUT2D eigenvalue weighted by molar-refractivity contribution is -0.137. The second-order valence-corrected chi connectivity index (χ2v) is 4.32. The van der Waals surface area contributed by atoms with Crippen LogP contribution in [0.2, 0.25) is 5.02 Å².